The zero-order valence-corrected chi connectivity index (χ0v) is 15.9. The van der Waals surface area contributed by atoms with Crippen molar-refractivity contribution in [2.45, 2.75) is 44.9 Å². The molecule has 1 saturated heterocycles. The van der Waals surface area contributed by atoms with Gasteiger partial charge in [-0.15, -0.1) is 0 Å². The lowest BCUT2D eigenvalue weighted by Crippen LogP contribution is -2.63. The van der Waals surface area contributed by atoms with Gasteiger partial charge in [-0.05, 0) is 43.0 Å². The molecule has 0 spiro atoms. The fraction of sp³-hybridized carbons (Fsp3) is 0.579. The van der Waals surface area contributed by atoms with Crippen molar-refractivity contribution in [2.24, 2.45) is 11.7 Å². The van der Waals surface area contributed by atoms with Crippen LogP contribution in [-0.2, 0) is 25.7 Å². The molecule has 1 heterocycles. The lowest BCUT2D eigenvalue weighted by atomic mass is 9.68. The number of aryl methyl sites for hydroxylation is 1. The first-order valence-corrected chi connectivity index (χ1v) is 9.21. The maximum absolute atomic E-state index is 12.4. The number of nitrogens with zero attached hydrogens (tertiary/aromatic N) is 1. The number of nitrogens with two attached hydrogens (primary N) is 1. The number of halogens is 1. The molecule has 1 saturated carbocycles. The summed E-state index contributed by atoms with van der Waals surface area (Å²) in [6, 6.07) is 5.75. The topological polar surface area (TPSA) is 81.9 Å². The molecule has 2 N–H and O–H groups in total. The molecular formula is C19H25ClN2O4. The Hall–Kier alpha value is -1.63. The van der Waals surface area contributed by atoms with Crippen LogP contribution in [-0.4, -0.2) is 48.1 Å². The Morgan fingerprint density at radius 3 is 2.65 bits per heavy atom. The van der Waals surface area contributed by atoms with Crippen molar-refractivity contribution in [2.75, 3.05) is 19.7 Å². The van der Waals surface area contributed by atoms with Gasteiger partial charge in [0.05, 0.1) is 18.2 Å². The smallest absolute Gasteiger partial charge is 0.302 e. The van der Waals surface area contributed by atoms with Gasteiger partial charge >= 0.3 is 5.97 Å². The van der Waals surface area contributed by atoms with Crippen LogP contribution in [0.5, 0.6) is 0 Å². The molecule has 1 aromatic carbocycles. The molecule has 7 heteroatoms. The standard InChI is InChI=1S/C19H25ClN2O4/c1-12-5-16(20)4-3-14(12)10-25-17-8-22(9-17)18(24)15-6-19(21,7-15)11-26-13(2)23/h3-5,15,17H,6-11,21H2,1-2H3/t15-,19+. The minimum atomic E-state index is -0.557. The van der Waals surface area contributed by atoms with Gasteiger partial charge in [0, 0.05) is 31.0 Å². The Bertz CT molecular complexity index is 697. The molecule has 1 aliphatic carbocycles. The van der Waals surface area contributed by atoms with E-state index in [1.807, 2.05) is 30.0 Å². The van der Waals surface area contributed by atoms with Gasteiger partial charge in [0.25, 0.3) is 0 Å². The molecule has 6 nitrogen and oxygen atoms in total. The Balaban J connectivity index is 1.37. The number of esters is 1. The molecule has 1 amide bonds. The Morgan fingerprint density at radius 2 is 2.04 bits per heavy atom. The molecule has 26 heavy (non-hydrogen) atoms. The van der Waals surface area contributed by atoms with Crippen LogP contribution in [0, 0.1) is 12.8 Å². The van der Waals surface area contributed by atoms with Crippen LogP contribution in [0.25, 0.3) is 0 Å². The van der Waals surface area contributed by atoms with Crippen molar-refractivity contribution in [3.05, 3.63) is 34.3 Å². The molecule has 1 aliphatic heterocycles. The predicted molar refractivity (Wildman–Crippen MR) is 97.6 cm³/mol. The highest BCUT2D eigenvalue weighted by atomic mass is 35.5. The summed E-state index contributed by atoms with van der Waals surface area (Å²) in [4.78, 5) is 25.1. The average molecular weight is 381 g/mol. The van der Waals surface area contributed by atoms with Crippen LogP contribution in [0.1, 0.15) is 30.9 Å². The average Bonchev–Trinajstić information content (AvgIpc) is 2.50. The second kappa shape index (κ2) is 7.55. The summed E-state index contributed by atoms with van der Waals surface area (Å²) in [6.07, 6.45) is 1.19. The van der Waals surface area contributed by atoms with Gasteiger partial charge in [0.2, 0.25) is 5.91 Å². The van der Waals surface area contributed by atoms with Crippen LogP contribution in [0.3, 0.4) is 0 Å². The SMILES string of the molecule is CC(=O)OC[C@]1(N)C[C@@H](C(=O)N2CC(OCc3ccc(Cl)cc3C)C2)C1. The van der Waals surface area contributed by atoms with Crippen molar-refractivity contribution in [1.29, 1.82) is 0 Å². The number of carbonyl (C=O) groups is 2. The summed E-state index contributed by atoms with van der Waals surface area (Å²) in [6.45, 7) is 5.29. The molecular weight excluding hydrogens is 356 g/mol. The molecule has 3 rings (SSSR count). The number of benzene rings is 1. The van der Waals surface area contributed by atoms with E-state index in [0.717, 1.165) is 16.1 Å². The van der Waals surface area contributed by atoms with Crippen molar-refractivity contribution < 1.29 is 19.1 Å². The molecule has 0 atom stereocenters. The van der Waals surface area contributed by atoms with E-state index >= 15 is 0 Å². The van der Waals surface area contributed by atoms with Crippen LogP contribution in [0.4, 0.5) is 0 Å². The number of amides is 1. The van der Waals surface area contributed by atoms with E-state index in [4.69, 9.17) is 26.8 Å². The third-order valence-corrected chi connectivity index (χ3v) is 5.39. The van der Waals surface area contributed by atoms with E-state index in [1.54, 1.807) is 0 Å². The van der Waals surface area contributed by atoms with E-state index in [-0.39, 0.29) is 30.5 Å². The third-order valence-electron chi connectivity index (χ3n) is 5.16. The highest BCUT2D eigenvalue weighted by Gasteiger charge is 2.48. The molecule has 0 unspecified atom stereocenters. The van der Waals surface area contributed by atoms with Gasteiger partial charge in [-0.25, -0.2) is 0 Å². The molecule has 0 bridgehead atoms. The van der Waals surface area contributed by atoms with Crippen LogP contribution in [0.2, 0.25) is 5.02 Å². The van der Waals surface area contributed by atoms with Gasteiger partial charge < -0.3 is 20.1 Å². The monoisotopic (exact) mass is 380 g/mol. The summed E-state index contributed by atoms with van der Waals surface area (Å²) >= 11 is 5.96. The van der Waals surface area contributed by atoms with Gasteiger partial charge in [-0.2, -0.15) is 0 Å². The Kier molecular flexibility index (Phi) is 5.55. The maximum Gasteiger partial charge on any atom is 0.302 e. The number of hydrogen-bond acceptors (Lipinski definition) is 5. The van der Waals surface area contributed by atoms with Crippen molar-refractivity contribution in [3.8, 4) is 0 Å². The van der Waals surface area contributed by atoms with E-state index in [1.165, 1.54) is 6.92 Å². The van der Waals surface area contributed by atoms with Gasteiger partial charge in [-0.1, -0.05) is 17.7 Å². The molecule has 142 valence electrons. The van der Waals surface area contributed by atoms with Gasteiger partial charge in [0.1, 0.15) is 6.61 Å². The summed E-state index contributed by atoms with van der Waals surface area (Å²) in [5.74, 6) is -0.297. The minimum Gasteiger partial charge on any atom is -0.464 e. The lowest BCUT2D eigenvalue weighted by molar-refractivity contribution is -0.157. The quantitative estimate of drug-likeness (QED) is 0.764. The summed E-state index contributed by atoms with van der Waals surface area (Å²) in [5, 5.41) is 0.719. The first-order valence-electron chi connectivity index (χ1n) is 8.83. The van der Waals surface area contributed by atoms with Crippen LogP contribution < -0.4 is 5.73 Å². The molecule has 0 aromatic heterocycles. The normalized spacial score (nSPS) is 25.4. The third kappa shape index (κ3) is 4.37. The molecule has 0 radical (unpaired) electrons. The van der Waals surface area contributed by atoms with Gasteiger partial charge in [0.15, 0.2) is 0 Å². The van der Waals surface area contributed by atoms with E-state index < -0.39 is 5.54 Å². The Labute approximate surface area is 158 Å². The number of likely N-dealkylation sites (tertiary alicyclic amines) is 1. The fourth-order valence-electron chi connectivity index (χ4n) is 3.47. The molecule has 2 fully saturated rings. The number of rotatable bonds is 6. The predicted octanol–water partition coefficient (Wildman–Crippen LogP) is 2.05. The molecule has 1 aromatic rings. The van der Waals surface area contributed by atoms with E-state index in [0.29, 0.717) is 32.5 Å². The maximum atomic E-state index is 12.4. The fourth-order valence-corrected chi connectivity index (χ4v) is 3.70. The largest absolute Gasteiger partial charge is 0.464 e. The summed E-state index contributed by atoms with van der Waals surface area (Å²) < 4.78 is 10.9. The number of carbonyl (C=O) groups excluding carboxylic acids is 2. The van der Waals surface area contributed by atoms with Crippen molar-refractivity contribution >= 4 is 23.5 Å². The van der Waals surface area contributed by atoms with Crippen LogP contribution >= 0.6 is 11.6 Å². The van der Waals surface area contributed by atoms with Crippen LogP contribution in [0.15, 0.2) is 18.2 Å². The summed E-state index contributed by atoms with van der Waals surface area (Å²) in [7, 11) is 0. The second-order valence-corrected chi connectivity index (χ2v) is 7.93. The zero-order chi connectivity index (χ0) is 18.9. The van der Waals surface area contributed by atoms with Crippen molar-refractivity contribution in [3.63, 3.8) is 0 Å². The Morgan fingerprint density at radius 1 is 1.35 bits per heavy atom. The highest BCUT2D eigenvalue weighted by Crippen LogP contribution is 2.38. The highest BCUT2D eigenvalue weighted by molar-refractivity contribution is 6.30. The second-order valence-electron chi connectivity index (χ2n) is 7.49. The molecule has 2 aliphatic rings. The minimum absolute atomic E-state index is 0.0674. The van der Waals surface area contributed by atoms with E-state index in [9.17, 15) is 9.59 Å². The zero-order valence-electron chi connectivity index (χ0n) is 15.2. The van der Waals surface area contributed by atoms with Gasteiger partial charge in [-0.3, -0.25) is 9.59 Å². The van der Waals surface area contributed by atoms with Crippen molar-refractivity contribution in [1.82, 2.24) is 4.90 Å². The van der Waals surface area contributed by atoms with E-state index in [2.05, 4.69) is 0 Å². The number of hydrogen-bond donors (Lipinski definition) is 1. The number of ether oxygens (including phenoxy) is 2. The first-order chi connectivity index (χ1) is 12.3. The summed E-state index contributed by atoms with van der Waals surface area (Å²) in [5.41, 5.74) is 7.78. The first kappa shape index (κ1) is 19.1. The lowest BCUT2D eigenvalue weighted by Gasteiger charge is -2.48.